The molecule has 0 spiro atoms. The van der Waals surface area contributed by atoms with Crippen LogP contribution in [0.25, 0.3) is 0 Å². The van der Waals surface area contributed by atoms with Crippen molar-refractivity contribution >= 4 is 5.97 Å². The highest BCUT2D eigenvalue weighted by Gasteiger charge is 2.34. The maximum atomic E-state index is 12.4. The first-order chi connectivity index (χ1) is 7.89. The second-order valence-corrected chi connectivity index (χ2v) is 4.05. The SMILES string of the molecule is CC(F)(F)C(=O)OCC(O)CN1CCOCC1. The van der Waals surface area contributed by atoms with E-state index in [2.05, 4.69) is 4.74 Å². The highest BCUT2D eigenvalue weighted by molar-refractivity contribution is 5.76. The van der Waals surface area contributed by atoms with Crippen LogP contribution in [0.2, 0.25) is 0 Å². The maximum Gasteiger partial charge on any atom is 0.376 e. The molecule has 7 heteroatoms. The molecule has 1 saturated heterocycles. The summed E-state index contributed by atoms with van der Waals surface area (Å²) in [6.45, 7) is 2.85. The second-order valence-electron chi connectivity index (χ2n) is 4.05. The molecule has 1 atom stereocenters. The number of carbonyl (C=O) groups excluding carboxylic acids is 1. The largest absolute Gasteiger partial charge is 0.458 e. The molecular formula is C10H17F2NO4. The van der Waals surface area contributed by atoms with Gasteiger partial charge in [-0.15, -0.1) is 0 Å². The second kappa shape index (κ2) is 6.23. The predicted molar refractivity (Wildman–Crippen MR) is 54.8 cm³/mol. The molecule has 1 rings (SSSR count). The van der Waals surface area contributed by atoms with E-state index in [0.29, 0.717) is 33.2 Å². The molecule has 0 aromatic carbocycles. The minimum atomic E-state index is -3.52. The van der Waals surface area contributed by atoms with Crippen LogP contribution in [-0.4, -0.2) is 67.5 Å². The van der Waals surface area contributed by atoms with Gasteiger partial charge in [0.2, 0.25) is 0 Å². The number of hydrogen-bond acceptors (Lipinski definition) is 5. The highest BCUT2D eigenvalue weighted by atomic mass is 19.3. The third-order valence-electron chi connectivity index (χ3n) is 2.34. The van der Waals surface area contributed by atoms with Crippen molar-refractivity contribution < 1.29 is 28.2 Å². The third-order valence-corrected chi connectivity index (χ3v) is 2.34. The summed E-state index contributed by atoms with van der Waals surface area (Å²) in [5, 5.41) is 9.51. The third kappa shape index (κ3) is 5.38. The summed E-state index contributed by atoms with van der Waals surface area (Å²) in [6, 6.07) is 0. The summed E-state index contributed by atoms with van der Waals surface area (Å²) >= 11 is 0. The summed E-state index contributed by atoms with van der Waals surface area (Å²) in [4.78, 5) is 12.7. The molecule has 0 saturated carbocycles. The molecule has 0 radical (unpaired) electrons. The van der Waals surface area contributed by atoms with Crippen LogP contribution >= 0.6 is 0 Å². The number of hydrogen-bond donors (Lipinski definition) is 1. The van der Waals surface area contributed by atoms with Gasteiger partial charge in [0.05, 0.1) is 13.2 Å². The average molecular weight is 253 g/mol. The number of β-amino-alcohol motifs (C(OH)–C–C–N with tert-alkyl or cyclic N) is 1. The van der Waals surface area contributed by atoms with Crippen LogP contribution in [0, 0.1) is 0 Å². The van der Waals surface area contributed by atoms with Crippen molar-refractivity contribution in [3.05, 3.63) is 0 Å². The molecule has 1 aliphatic heterocycles. The molecule has 100 valence electrons. The van der Waals surface area contributed by atoms with Crippen molar-refractivity contribution in [3.63, 3.8) is 0 Å². The molecule has 0 aromatic heterocycles. The topological polar surface area (TPSA) is 59.0 Å². The van der Waals surface area contributed by atoms with Gasteiger partial charge in [-0.2, -0.15) is 8.78 Å². The van der Waals surface area contributed by atoms with Gasteiger partial charge < -0.3 is 14.6 Å². The number of rotatable bonds is 5. The monoisotopic (exact) mass is 253 g/mol. The molecule has 5 nitrogen and oxygen atoms in total. The fourth-order valence-electron chi connectivity index (χ4n) is 1.43. The Balaban J connectivity index is 2.20. The van der Waals surface area contributed by atoms with Crippen molar-refractivity contribution in [2.24, 2.45) is 0 Å². The summed E-state index contributed by atoms with van der Waals surface area (Å²) < 4.78 is 34.3. The smallest absolute Gasteiger partial charge is 0.376 e. The highest BCUT2D eigenvalue weighted by Crippen LogP contribution is 2.13. The van der Waals surface area contributed by atoms with E-state index in [1.807, 2.05) is 4.90 Å². The van der Waals surface area contributed by atoms with Crippen molar-refractivity contribution in [1.29, 1.82) is 0 Å². The van der Waals surface area contributed by atoms with Gasteiger partial charge in [-0.1, -0.05) is 0 Å². The van der Waals surface area contributed by atoms with Gasteiger partial charge in [-0.3, -0.25) is 4.90 Å². The van der Waals surface area contributed by atoms with Crippen molar-refractivity contribution in [2.45, 2.75) is 19.0 Å². The van der Waals surface area contributed by atoms with Crippen LogP contribution in [-0.2, 0) is 14.3 Å². The fourth-order valence-corrected chi connectivity index (χ4v) is 1.43. The number of halogens is 2. The Kier molecular flexibility index (Phi) is 5.23. The molecule has 0 aromatic rings. The number of morpholine rings is 1. The number of carbonyl (C=O) groups is 1. The van der Waals surface area contributed by atoms with Gasteiger partial charge in [-0.05, 0) is 0 Å². The molecule has 1 fully saturated rings. The van der Waals surface area contributed by atoms with Crippen LogP contribution in [0.15, 0.2) is 0 Å². The lowest BCUT2D eigenvalue weighted by atomic mass is 10.3. The molecule has 1 heterocycles. The zero-order chi connectivity index (χ0) is 12.9. The minimum absolute atomic E-state index is 0.284. The summed E-state index contributed by atoms with van der Waals surface area (Å²) in [6.07, 6.45) is -0.959. The van der Waals surface area contributed by atoms with E-state index >= 15 is 0 Å². The van der Waals surface area contributed by atoms with Gasteiger partial charge in [0, 0.05) is 26.6 Å². The van der Waals surface area contributed by atoms with E-state index in [4.69, 9.17) is 4.74 Å². The molecule has 0 bridgehead atoms. The first-order valence-electron chi connectivity index (χ1n) is 5.43. The summed E-state index contributed by atoms with van der Waals surface area (Å²) in [5.74, 6) is -5.13. The number of ether oxygens (including phenoxy) is 2. The standard InChI is InChI=1S/C10H17F2NO4/c1-10(11,12)9(15)17-7-8(14)6-13-2-4-16-5-3-13/h8,14H,2-7H2,1H3. The van der Waals surface area contributed by atoms with Crippen LogP contribution in [0.1, 0.15) is 6.92 Å². The first kappa shape index (κ1) is 14.3. The van der Waals surface area contributed by atoms with Gasteiger partial charge in [0.25, 0.3) is 0 Å². The zero-order valence-electron chi connectivity index (χ0n) is 9.70. The maximum absolute atomic E-state index is 12.4. The van der Waals surface area contributed by atoms with E-state index in [-0.39, 0.29) is 6.54 Å². The number of alkyl halides is 2. The fraction of sp³-hybridized carbons (Fsp3) is 0.900. The summed E-state index contributed by atoms with van der Waals surface area (Å²) in [7, 11) is 0. The van der Waals surface area contributed by atoms with Gasteiger partial charge in [-0.25, -0.2) is 4.79 Å². The molecule has 17 heavy (non-hydrogen) atoms. The lowest BCUT2D eigenvalue weighted by molar-refractivity contribution is -0.172. The van der Waals surface area contributed by atoms with Crippen molar-refractivity contribution in [2.75, 3.05) is 39.5 Å². The molecule has 1 N–H and O–H groups in total. The van der Waals surface area contributed by atoms with E-state index in [1.54, 1.807) is 0 Å². The van der Waals surface area contributed by atoms with Gasteiger partial charge >= 0.3 is 11.9 Å². The van der Waals surface area contributed by atoms with Crippen LogP contribution in [0.3, 0.4) is 0 Å². The van der Waals surface area contributed by atoms with Crippen LogP contribution in [0.4, 0.5) is 8.78 Å². The van der Waals surface area contributed by atoms with E-state index < -0.39 is 24.6 Å². The van der Waals surface area contributed by atoms with E-state index in [9.17, 15) is 18.7 Å². The van der Waals surface area contributed by atoms with Crippen molar-refractivity contribution in [1.82, 2.24) is 4.90 Å². The lowest BCUT2D eigenvalue weighted by Gasteiger charge is -2.28. The predicted octanol–water partition coefficient (Wildman–Crippen LogP) is -0.122. The Morgan fingerprint density at radius 3 is 2.65 bits per heavy atom. The van der Waals surface area contributed by atoms with E-state index in [1.165, 1.54) is 0 Å². The van der Waals surface area contributed by atoms with Gasteiger partial charge in [0.1, 0.15) is 12.7 Å². The Bertz CT molecular complexity index is 251. The Morgan fingerprint density at radius 1 is 1.53 bits per heavy atom. The Hall–Kier alpha value is -0.790. The summed E-state index contributed by atoms with van der Waals surface area (Å²) in [5.41, 5.74) is 0. The lowest BCUT2D eigenvalue weighted by Crippen LogP contribution is -2.42. The van der Waals surface area contributed by atoms with Crippen LogP contribution in [0.5, 0.6) is 0 Å². The molecule has 0 aliphatic carbocycles. The number of nitrogens with zero attached hydrogens (tertiary/aromatic N) is 1. The zero-order valence-corrected chi connectivity index (χ0v) is 9.70. The number of aliphatic hydroxyl groups is 1. The van der Waals surface area contributed by atoms with Gasteiger partial charge in [0.15, 0.2) is 0 Å². The Morgan fingerprint density at radius 2 is 2.12 bits per heavy atom. The Labute approximate surface area is 98.3 Å². The minimum Gasteiger partial charge on any atom is -0.458 e. The first-order valence-corrected chi connectivity index (χ1v) is 5.43. The average Bonchev–Trinajstić information content (AvgIpc) is 2.26. The quantitative estimate of drug-likeness (QED) is 0.692. The number of aliphatic hydroxyl groups excluding tert-OH is 1. The molecule has 1 unspecified atom stereocenters. The molecule has 0 amide bonds. The normalized spacial score (nSPS) is 20.0. The molecule has 1 aliphatic rings. The van der Waals surface area contributed by atoms with E-state index in [0.717, 1.165) is 0 Å². The van der Waals surface area contributed by atoms with Crippen molar-refractivity contribution in [3.8, 4) is 0 Å². The number of esters is 1. The van der Waals surface area contributed by atoms with Crippen LogP contribution < -0.4 is 0 Å². The molecular weight excluding hydrogens is 236 g/mol.